The van der Waals surface area contributed by atoms with Crippen LogP contribution in [-0.4, -0.2) is 40.2 Å². The van der Waals surface area contributed by atoms with E-state index in [0.29, 0.717) is 18.8 Å². The first-order valence-electron chi connectivity index (χ1n) is 9.69. The van der Waals surface area contributed by atoms with Crippen molar-refractivity contribution in [3.63, 3.8) is 0 Å². The molecule has 1 amide bonds. The first-order valence-corrected chi connectivity index (χ1v) is 9.69. The molecule has 2 aromatic carbocycles. The van der Waals surface area contributed by atoms with Gasteiger partial charge < -0.3 is 10.1 Å². The minimum Gasteiger partial charge on any atom is -0.376 e. The molecule has 0 bridgehead atoms. The molecule has 0 saturated carbocycles. The second kappa shape index (κ2) is 8.80. The van der Waals surface area contributed by atoms with Gasteiger partial charge in [0.2, 0.25) is 0 Å². The molecule has 0 aliphatic carbocycles. The highest BCUT2D eigenvalue weighted by Gasteiger charge is 2.19. The maximum atomic E-state index is 12.6. The summed E-state index contributed by atoms with van der Waals surface area (Å²) in [4.78, 5) is 12.6. The van der Waals surface area contributed by atoms with Crippen molar-refractivity contribution in [2.45, 2.75) is 31.4 Å². The third kappa shape index (κ3) is 4.46. The number of benzene rings is 2. The maximum Gasteiger partial charge on any atom is 0.273 e. The van der Waals surface area contributed by atoms with Crippen molar-refractivity contribution >= 4 is 5.91 Å². The molecule has 1 N–H and O–H groups in total. The molecule has 0 radical (unpaired) electrons. The first kappa shape index (κ1) is 18.4. The van der Waals surface area contributed by atoms with Crippen molar-refractivity contribution in [3.05, 3.63) is 83.7 Å². The van der Waals surface area contributed by atoms with E-state index in [1.807, 2.05) is 36.4 Å². The predicted octanol–water partition coefficient (Wildman–Crippen LogP) is 3.02. The zero-order valence-electron chi connectivity index (χ0n) is 15.7. The number of aromatic nitrogens is 3. The summed E-state index contributed by atoms with van der Waals surface area (Å²) in [6, 6.07) is 20.4. The second-order valence-electron chi connectivity index (χ2n) is 7.04. The minimum atomic E-state index is -0.213. The molecule has 1 aliphatic rings. The predicted molar refractivity (Wildman–Crippen MR) is 106 cm³/mol. The molecular weight excluding hydrogens is 352 g/mol. The van der Waals surface area contributed by atoms with Crippen molar-refractivity contribution in [1.82, 2.24) is 20.3 Å². The molecule has 1 saturated heterocycles. The summed E-state index contributed by atoms with van der Waals surface area (Å²) in [5, 5.41) is 11.1. The van der Waals surface area contributed by atoms with Crippen LogP contribution in [0.5, 0.6) is 0 Å². The van der Waals surface area contributed by atoms with Crippen LogP contribution in [0.1, 0.15) is 40.4 Å². The molecule has 0 spiro atoms. The van der Waals surface area contributed by atoms with Crippen molar-refractivity contribution in [2.24, 2.45) is 0 Å². The number of ether oxygens (including phenoxy) is 1. The van der Waals surface area contributed by atoms with Gasteiger partial charge >= 0.3 is 0 Å². The summed E-state index contributed by atoms with van der Waals surface area (Å²) >= 11 is 0. The number of carbonyl (C=O) groups is 1. The molecule has 1 aliphatic heterocycles. The summed E-state index contributed by atoms with van der Waals surface area (Å²) in [7, 11) is 0. The molecule has 1 unspecified atom stereocenters. The lowest BCUT2D eigenvalue weighted by atomic mass is 9.91. The number of nitrogens with one attached hydrogen (secondary N) is 1. The van der Waals surface area contributed by atoms with Gasteiger partial charge in [0.1, 0.15) is 0 Å². The second-order valence-corrected chi connectivity index (χ2v) is 7.04. The fourth-order valence-corrected chi connectivity index (χ4v) is 3.57. The molecule has 2 heterocycles. The van der Waals surface area contributed by atoms with Crippen LogP contribution >= 0.6 is 0 Å². The van der Waals surface area contributed by atoms with Gasteiger partial charge in [-0.2, -0.15) is 0 Å². The Bertz CT molecular complexity index is 850. The van der Waals surface area contributed by atoms with Crippen LogP contribution in [0, 0.1) is 0 Å². The number of rotatable bonds is 7. The van der Waals surface area contributed by atoms with Crippen LogP contribution in [-0.2, 0) is 11.3 Å². The smallest absolute Gasteiger partial charge is 0.273 e. The van der Waals surface area contributed by atoms with E-state index in [-0.39, 0.29) is 17.9 Å². The molecule has 6 nitrogen and oxygen atoms in total. The van der Waals surface area contributed by atoms with E-state index in [2.05, 4.69) is 39.9 Å². The Kier molecular flexibility index (Phi) is 5.77. The maximum absolute atomic E-state index is 12.6. The fourth-order valence-electron chi connectivity index (χ4n) is 3.57. The lowest BCUT2D eigenvalue weighted by Crippen LogP contribution is -2.29. The highest BCUT2D eigenvalue weighted by atomic mass is 16.5. The highest BCUT2D eigenvalue weighted by molar-refractivity contribution is 5.91. The fraction of sp³-hybridized carbons (Fsp3) is 0.318. The van der Waals surface area contributed by atoms with Gasteiger partial charge in [0.05, 0.1) is 18.8 Å². The Labute approximate surface area is 164 Å². The Morgan fingerprint density at radius 2 is 1.79 bits per heavy atom. The van der Waals surface area contributed by atoms with E-state index in [4.69, 9.17) is 4.74 Å². The van der Waals surface area contributed by atoms with Crippen molar-refractivity contribution in [1.29, 1.82) is 0 Å². The van der Waals surface area contributed by atoms with Gasteiger partial charge in [0.25, 0.3) is 5.91 Å². The van der Waals surface area contributed by atoms with Gasteiger partial charge in [-0.1, -0.05) is 65.9 Å². The summed E-state index contributed by atoms with van der Waals surface area (Å²) in [6.07, 6.45) is 3.96. The molecular formula is C22H24N4O2. The molecule has 4 rings (SSSR count). The standard InChI is InChI=1S/C22H24N4O2/c27-22(21-16-26(25-24-21)15-19-12-7-13-28-19)23-14-20(17-8-3-1-4-9-17)18-10-5-2-6-11-18/h1-6,8-11,16,19-20H,7,12-15H2,(H,23,27). The largest absolute Gasteiger partial charge is 0.376 e. The molecule has 3 aromatic rings. The molecule has 144 valence electrons. The molecule has 1 fully saturated rings. The summed E-state index contributed by atoms with van der Waals surface area (Å²) < 4.78 is 7.31. The number of hydrogen-bond acceptors (Lipinski definition) is 4. The summed E-state index contributed by atoms with van der Waals surface area (Å²) in [5.41, 5.74) is 2.66. The monoisotopic (exact) mass is 376 g/mol. The lowest BCUT2D eigenvalue weighted by Gasteiger charge is -2.18. The van der Waals surface area contributed by atoms with Crippen molar-refractivity contribution in [3.8, 4) is 0 Å². The Balaban J connectivity index is 1.42. The van der Waals surface area contributed by atoms with Crippen molar-refractivity contribution < 1.29 is 9.53 Å². The van der Waals surface area contributed by atoms with E-state index in [1.165, 1.54) is 0 Å². The van der Waals surface area contributed by atoms with E-state index in [1.54, 1.807) is 10.9 Å². The van der Waals surface area contributed by atoms with Crippen molar-refractivity contribution in [2.75, 3.05) is 13.2 Å². The zero-order valence-corrected chi connectivity index (χ0v) is 15.7. The Morgan fingerprint density at radius 3 is 2.39 bits per heavy atom. The van der Waals surface area contributed by atoms with Crippen LogP contribution in [0.15, 0.2) is 66.9 Å². The van der Waals surface area contributed by atoms with E-state index in [9.17, 15) is 4.79 Å². The average molecular weight is 376 g/mol. The van der Waals surface area contributed by atoms with Crippen LogP contribution in [0.4, 0.5) is 0 Å². The quantitative estimate of drug-likeness (QED) is 0.688. The number of hydrogen-bond donors (Lipinski definition) is 1. The number of carbonyl (C=O) groups excluding carboxylic acids is 1. The van der Waals surface area contributed by atoms with Crippen LogP contribution < -0.4 is 5.32 Å². The molecule has 1 aromatic heterocycles. The molecule has 28 heavy (non-hydrogen) atoms. The van der Waals surface area contributed by atoms with Crippen LogP contribution in [0.2, 0.25) is 0 Å². The van der Waals surface area contributed by atoms with Gasteiger partial charge in [-0.3, -0.25) is 4.79 Å². The van der Waals surface area contributed by atoms with E-state index in [0.717, 1.165) is 30.6 Å². The average Bonchev–Trinajstić information content (AvgIpc) is 3.42. The normalized spacial score (nSPS) is 16.4. The van der Waals surface area contributed by atoms with Crippen LogP contribution in [0.3, 0.4) is 0 Å². The summed E-state index contributed by atoms with van der Waals surface area (Å²) in [6.45, 7) is 1.93. The Morgan fingerprint density at radius 1 is 1.11 bits per heavy atom. The summed E-state index contributed by atoms with van der Waals surface area (Å²) in [5.74, 6) is -0.135. The zero-order chi connectivity index (χ0) is 19.2. The topological polar surface area (TPSA) is 69.0 Å². The molecule has 6 heteroatoms. The Hall–Kier alpha value is -2.99. The van der Waals surface area contributed by atoms with Gasteiger partial charge in [0.15, 0.2) is 5.69 Å². The van der Waals surface area contributed by atoms with Gasteiger partial charge in [0, 0.05) is 19.1 Å². The van der Waals surface area contributed by atoms with E-state index >= 15 is 0 Å². The SMILES string of the molecule is O=C(NCC(c1ccccc1)c1ccccc1)c1cn(CC2CCCO2)nn1. The van der Waals surface area contributed by atoms with Gasteiger partial charge in [-0.15, -0.1) is 5.10 Å². The third-order valence-corrected chi connectivity index (χ3v) is 5.06. The van der Waals surface area contributed by atoms with Crippen LogP contribution in [0.25, 0.3) is 0 Å². The first-order chi connectivity index (χ1) is 13.8. The molecule has 1 atom stereocenters. The number of amides is 1. The van der Waals surface area contributed by atoms with Gasteiger partial charge in [-0.25, -0.2) is 4.68 Å². The number of nitrogens with zero attached hydrogens (tertiary/aromatic N) is 3. The van der Waals surface area contributed by atoms with E-state index < -0.39 is 0 Å². The lowest BCUT2D eigenvalue weighted by molar-refractivity contribution is 0.0929. The third-order valence-electron chi connectivity index (χ3n) is 5.06. The van der Waals surface area contributed by atoms with Gasteiger partial charge in [-0.05, 0) is 24.0 Å². The minimum absolute atomic E-state index is 0.0771. The highest BCUT2D eigenvalue weighted by Crippen LogP contribution is 2.23.